The molecule has 0 unspecified atom stereocenters. The minimum absolute atomic E-state index is 0.700. The number of aryl methyl sites for hydroxylation is 1. The molecule has 3 aromatic rings. The van der Waals surface area contributed by atoms with Gasteiger partial charge in [0.25, 0.3) is 0 Å². The second-order valence-corrected chi connectivity index (χ2v) is 5.32. The summed E-state index contributed by atoms with van der Waals surface area (Å²) in [4.78, 5) is 0. The van der Waals surface area contributed by atoms with Crippen LogP contribution >= 0.6 is 0 Å². The number of rotatable bonds is 6. The fourth-order valence-electron chi connectivity index (χ4n) is 2.83. The van der Waals surface area contributed by atoms with Gasteiger partial charge in [-0.05, 0) is 12.1 Å². The van der Waals surface area contributed by atoms with Crippen molar-refractivity contribution in [3.8, 4) is 0 Å². The number of fused-ring (bicyclic) bond motifs is 3. The predicted molar refractivity (Wildman–Crippen MR) is 88.2 cm³/mol. The Bertz CT molecular complexity index is 737. The Labute approximate surface area is 125 Å². The molecule has 0 aliphatic heterocycles. The third-order valence-electron chi connectivity index (χ3n) is 3.83. The van der Waals surface area contributed by atoms with Gasteiger partial charge in [0.15, 0.2) is 6.20 Å². The molecule has 0 amide bonds. The Hall–Kier alpha value is -1.97. The number of aromatic nitrogens is 1. The van der Waals surface area contributed by atoms with E-state index in [1.807, 2.05) is 0 Å². The average molecular weight is 280 g/mol. The molecular formula is C18H22N3+. The van der Waals surface area contributed by atoms with E-state index in [0.717, 1.165) is 26.1 Å². The Morgan fingerprint density at radius 2 is 1.67 bits per heavy atom. The highest BCUT2D eigenvalue weighted by Gasteiger charge is 2.11. The molecule has 3 nitrogen and oxygen atoms in total. The average Bonchev–Trinajstić information content (AvgIpc) is 2.54. The number of para-hydroxylation sites is 1. The third-order valence-corrected chi connectivity index (χ3v) is 3.83. The van der Waals surface area contributed by atoms with Gasteiger partial charge in [-0.2, -0.15) is 4.57 Å². The van der Waals surface area contributed by atoms with Gasteiger partial charge in [0.1, 0.15) is 6.54 Å². The van der Waals surface area contributed by atoms with Gasteiger partial charge >= 0.3 is 0 Å². The Kier molecular flexibility index (Phi) is 4.43. The number of nitrogens with one attached hydrogen (secondary N) is 1. The Morgan fingerprint density at radius 1 is 0.905 bits per heavy atom. The fourth-order valence-corrected chi connectivity index (χ4v) is 2.83. The summed E-state index contributed by atoms with van der Waals surface area (Å²) < 4.78 is 2.36. The van der Waals surface area contributed by atoms with Crippen LogP contribution in [0.25, 0.3) is 21.7 Å². The van der Waals surface area contributed by atoms with E-state index in [2.05, 4.69) is 64.6 Å². The molecule has 3 N–H and O–H groups in total. The van der Waals surface area contributed by atoms with Crippen molar-refractivity contribution in [2.45, 2.75) is 13.0 Å². The summed E-state index contributed by atoms with van der Waals surface area (Å²) in [6.45, 7) is 3.61. The van der Waals surface area contributed by atoms with E-state index in [-0.39, 0.29) is 0 Å². The molecule has 0 spiro atoms. The maximum absolute atomic E-state index is 5.49. The molecular weight excluding hydrogens is 258 g/mol. The maximum Gasteiger partial charge on any atom is 0.213 e. The summed E-state index contributed by atoms with van der Waals surface area (Å²) >= 11 is 0. The lowest BCUT2D eigenvalue weighted by Crippen LogP contribution is -2.36. The van der Waals surface area contributed by atoms with Crippen LogP contribution in [0.15, 0.2) is 54.7 Å². The Morgan fingerprint density at radius 3 is 2.52 bits per heavy atom. The van der Waals surface area contributed by atoms with Crippen molar-refractivity contribution in [3.05, 3.63) is 54.7 Å². The first-order valence-corrected chi connectivity index (χ1v) is 7.61. The smallest absolute Gasteiger partial charge is 0.213 e. The van der Waals surface area contributed by atoms with E-state index >= 15 is 0 Å². The van der Waals surface area contributed by atoms with Crippen LogP contribution in [0.5, 0.6) is 0 Å². The molecule has 1 aromatic heterocycles. The van der Waals surface area contributed by atoms with Gasteiger partial charge in [0.2, 0.25) is 5.52 Å². The van der Waals surface area contributed by atoms with Gasteiger partial charge in [0, 0.05) is 42.9 Å². The highest BCUT2D eigenvalue weighted by molar-refractivity contribution is 6.03. The number of benzene rings is 2. The standard InChI is InChI=1S/C18H22N3/c19-10-12-20-11-5-13-21-14-15-6-1-2-7-16(15)17-8-3-4-9-18(17)21/h1-4,6-9,14,20H,5,10-13,19H2/q+1. The van der Waals surface area contributed by atoms with E-state index in [1.165, 1.54) is 21.7 Å². The highest BCUT2D eigenvalue weighted by Crippen LogP contribution is 2.21. The molecule has 0 bridgehead atoms. The first-order chi connectivity index (χ1) is 10.4. The number of pyridine rings is 1. The van der Waals surface area contributed by atoms with E-state index < -0.39 is 0 Å². The molecule has 0 radical (unpaired) electrons. The summed E-state index contributed by atoms with van der Waals surface area (Å²) in [5, 5.41) is 7.30. The van der Waals surface area contributed by atoms with Crippen LogP contribution in [0.1, 0.15) is 6.42 Å². The third kappa shape index (κ3) is 3.04. The number of nitrogens with two attached hydrogens (primary N) is 1. The minimum atomic E-state index is 0.700. The second kappa shape index (κ2) is 6.66. The molecule has 0 fully saturated rings. The van der Waals surface area contributed by atoms with Crippen LogP contribution < -0.4 is 15.6 Å². The van der Waals surface area contributed by atoms with Gasteiger partial charge in [-0.1, -0.05) is 30.3 Å². The summed E-state index contributed by atoms with van der Waals surface area (Å²) in [6, 6.07) is 17.2. The quantitative estimate of drug-likeness (QED) is 0.413. The molecule has 21 heavy (non-hydrogen) atoms. The van der Waals surface area contributed by atoms with Crippen molar-refractivity contribution in [1.82, 2.24) is 5.32 Å². The van der Waals surface area contributed by atoms with Crippen molar-refractivity contribution in [1.29, 1.82) is 0 Å². The van der Waals surface area contributed by atoms with Crippen LogP contribution in [-0.2, 0) is 6.54 Å². The van der Waals surface area contributed by atoms with Crippen molar-refractivity contribution < 1.29 is 4.57 Å². The SMILES string of the molecule is NCCNCCC[n+]1cc2ccccc2c2ccccc21. The molecule has 108 valence electrons. The van der Waals surface area contributed by atoms with E-state index in [4.69, 9.17) is 5.73 Å². The fraction of sp³-hybridized carbons (Fsp3) is 0.278. The molecule has 2 aromatic carbocycles. The molecule has 0 aliphatic carbocycles. The summed E-state index contributed by atoms with van der Waals surface area (Å²) in [5.74, 6) is 0. The highest BCUT2D eigenvalue weighted by atomic mass is 15.0. The van der Waals surface area contributed by atoms with Gasteiger partial charge in [-0.25, -0.2) is 0 Å². The minimum Gasteiger partial charge on any atom is -0.329 e. The number of nitrogens with zero attached hydrogens (tertiary/aromatic N) is 1. The van der Waals surface area contributed by atoms with Gasteiger partial charge < -0.3 is 11.1 Å². The monoisotopic (exact) mass is 280 g/mol. The lowest BCUT2D eigenvalue weighted by atomic mass is 10.1. The van der Waals surface area contributed by atoms with Gasteiger partial charge in [0.05, 0.1) is 5.39 Å². The lowest BCUT2D eigenvalue weighted by Gasteiger charge is -2.06. The normalized spacial score (nSPS) is 11.3. The molecule has 3 heteroatoms. The van der Waals surface area contributed by atoms with E-state index in [9.17, 15) is 0 Å². The van der Waals surface area contributed by atoms with E-state index in [1.54, 1.807) is 0 Å². The topological polar surface area (TPSA) is 41.9 Å². The summed E-state index contributed by atoms with van der Waals surface area (Å²) in [6.07, 6.45) is 3.37. The maximum atomic E-state index is 5.49. The number of hydrogen-bond acceptors (Lipinski definition) is 2. The lowest BCUT2D eigenvalue weighted by molar-refractivity contribution is -0.670. The molecule has 0 saturated heterocycles. The van der Waals surface area contributed by atoms with Crippen molar-refractivity contribution >= 4 is 21.7 Å². The van der Waals surface area contributed by atoms with Crippen LogP contribution in [0.2, 0.25) is 0 Å². The van der Waals surface area contributed by atoms with Gasteiger partial charge in [-0.15, -0.1) is 0 Å². The van der Waals surface area contributed by atoms with Crippen LogP contribution in [0.4, 0.5) is 0 Å². The zero-order valence-corrected chi connectivity index (χ0v) is 12.3. The van der Waals surface area contributed by atoms with Crippen molar-refractivity contribution in [3.63, 3.8) is 0 Å². The first kappa shape index (κ1) is 14.0. The summed E-state index contributed by atoms with van der Waals surface area (Å²) in [7, 11) is 0. The van der Waals surface area contributed by atoms with E-state index in [0.29, 0.717) is 6.54 Å². The van der Waals surface area contributed by atoms with Crippen molar-refractivity contribution in [2.24, 2.45) is 5.73 Å². The van der Waals surface area contributed by atoms with Gasteiger partial charge in [-0.3, -0.25) is 0 Å². The molecule has 3 rings (SSSR count). The zero-order chi connectivity index (χ0) is 14.5. The van der Waals surface area contributed by atoms with Crippen LogP contribution in [-0.4, -0.2) is 19.6 Å². The van der Waals surface area contributed by atoms with Crippen molar-refractivity contribution in [2.75, 3.05) is 19.6 Å². The zero-order valence-electron chi connectivity index (χ0n) is 12.3. The molecule has 0 saturated carbocycles. The van der Waals surface area contributed by atoms with Crippen LogP contribution in [0.3, 0.4) is 0 Å². The Balaban J connectivity index is 1.92. The molecule has 0 aliphatic rings. The largest absolute Gasteiger partial charge is 0.329 e. The first-order valence-electron chi connectivity index (χ1n) is 7.61. The molecule has 1 heterocycles. The number of hydrogen-bond donors (Lipinski definition) is 2. The second-order valence-electron chi connectivity index (χ2n) is 5.32. The predicted octanol–water partition coefficient (Wildman–Crippen LogP) is 2.22. The summed E-state index contributed by atoms with van der Waals surface area (Å²) in [5.41, 5.74) is 6.79. The van der Waals surface area contributed by atoms with Crippen LogP contribution in [0, 0.1) is 0 Å². The molecule has 0 atom stereocenters.